The largest absolute Gasteiger partial charge is 0.265 e. The average Bonchev–Trinajstić information content (AvgIpc) is 2.57. The average molecular weight is 273 g/mol. The lowest BCUT2D eigenvalue weighted by atomic mass is 10.1. The SMILES string of the molecule is C=Cc1ccc(C[n+]2ccc(-c3ccncc3)cc2)cc1. The minimum atomic E-state index is 0.869. The van der Waals surface area contributed by atoms with Crippen molar-refractivity contribution in [3.63, 3.8) is 0 Å². The van der Waals surface area contributed by atoms with Gasteiger partial charge in [0.05, 0.1) is 0 Å². The summed E-state index contributed by atoms with van der Waals surface area (Å²) in [7, 11) is 0. The third-order valence-electron chi connectivity index (χ3n) is 3.49. The Morgan fingerprint density at radius 1 is 0.857 bits per heavy atom. The second kappa shape index (κ2) is 6.14. The van der Waals surface area contributed by atoms with E-state index in [-0.39, 0.29) is 0 Å². The predicted molar refractivity (Wildman–Crippen MR) is 85.5 cm³/mol. The highest BCUT2D eigenvalue weighted by atomic mass is 14.9. The molecule has 0 unspecified atom stereocenters. The lowest BCUT2D eigenvalue weighted by Crippen LogP contribution is -2.32. The third kappa shape index (κ3) is 3.23. The molecule has 1 aromatic carbocycles. The molecular weight excluding hydrogens is 256 g/mol. The fraction of sp³-hybridized carbons (Fsp3) is 0.0526. The Morgan fingerprint density at radius 3 is 2.10 bits per heavy atom. The number of aromatic nitrogens is 2. The summed E-state index contributed by atoms with van der Waals surface area (Å²) >= 11 is 0. The third-order valence-corrected chi connectivity index (χ3v) is 3.49. The van der Waals surface area contributed by atoms with Crippen LogP contribution in [0.2, 0.25) is 0 Å². The van der Waals surface area contributed by atoms with Gasteiger partial charge in [0.25, 0.3) is 0 Å². The molecule has 21 heavy (non-hydrogen) atoms. The van der Waals surface area contributed by atoms with Crippen molar-refractivity contribution in [2.24, 2.45) is 0 Å². The van der Waals surface area contributed by atoms with Crippen LogP contribution in [0.15, 0.2) is 79.9 Å². The van der Waals surface area contributed by atoms with Gasteiger partial charge in [-0.15, -0.1) is 0 Å². The molecule has 0 bridgehead atoms. The lowest BCUT2D eigenvalue weighted by molar-refractivity contribution is -0.688. The van der Waals surface area contributed by atoms with Gasteiger partial charge >= 0.3 is 0 Å². The minimum absolute atomic E-state index is 0.869. The monoisotopic (exact) mass is 273 g/mol. The molecule has 0 saturated carbocycles. The molecule has 2 aromatic heterocycles. The molecule has 2 heterocycles. The molecule has 2 heteroatoms. The van der Waals surface area contributed by atoms with Crippen LogP contribution in [0, 0.1) is 0 Å². The van der Waals surface area contributed by atoms with E-state index in [1.807, 2.05) is 30.6 Å². The van der Waals surface area contributed by atoms with Crippen molar-refractivity contribution in [2.45, 2.75) is 6.54 Å². The van der Waals surface area contributed by atoms with Crippen molar-refractivity contribution in [2.75, 3.05) is 0 Å². The van der Waals surface area contributed by atoms with E-state index >= 15 is 0 Å². The maximum atomic E-state index is 4.05. The first-order valence-electron chi connectivity index (χ1n) is 6.96. The molecule has 102 valence electrons. The van der Waals surface area contributed by atoms with Crippen LogP contribution < -0.4 is 4.57 Å². The van der Waals surface area contributed by atoms with Crippen molar-refractivity contribution >= 4 is 6.08 Å². The molecule has 0 aliphatic rings. The number of rotatable bonds is 4. The van der Waals surface area contributed by atoms with Gasteiger partial charge in [-0.05, 0) is 28.8 Å². The number of pyridine rings is 2. The van der Waals surface area contributed by atoms with Crippen LogP contribution in [0.5, 0.6) is 0 Å². The van der Waals surface area contributed by atoms with Gasteiger partial charge < -0.3 is 0 Å². The Hall–Kier alpha value is -2.74. The number of hydrogen-bond donors (Lipinski definition) is 0. The molecule has 0 atom stereocenters. The predicted octanol–water partition coefficient (Wildman–Crippen LogP) is 3.73. The zero-order valence-corrected chi connectivity index (χ0v) is 11.8. The van der Waals surface area contributed by atoms with E-state index in [1.54, 1.807) is 0 Å². The molecule has 0 amide bonds. The maximum absolute atomic E-state index is 4.05. The van der Waals surface area contributed by atoms with Crippen LogP contribution in [0.3, 0.4) is 0 Å². The fourth-order valence-corrected chi connectivity index (χ4v) is 2.27. The number of hydrogen-bond acceptors (Lipinski definition) is 1. The van der Waals surface area contributed by atoms with Gasteiger partial charge in [-0.25, -0.2) is 4.57 Å². The summed E-state index contributed by atoms with van der Waals surface area (Å²) in [6.45, 7) is 4.64. The normalized spacial score (nSPS) is 10.3. The Kier molecular flexibility index (Phi) is 3.88. The van der Waals surface area contributed by atoms with Gasteiger partial charge in [0.2, 0.25) is 0 Å². The standard InChI is InChI=1S/C19H17N2/c1-2-16-3-5-17(6-4-16)15-21-13-9-19(10-14-21)18-7-11-20-12-8-18/h2-14H,1,15H2/q+1. The summed E-state index contributed by atoms with van der Waals surface area (Å²) in [6.07, 6.45) is 9.71. The van der Waals surface area contributed by atoms with Gasteiger partial charge in [0.15, 0.2) is 18.9 Å². The topological polar surface area (TPSA) is 16.8 Å². The molecule has 0 fully saturated rings. The van der Waals surface area contributed by atoms with Crippen molar-refractivity contribution in [3.05, 3.63) is 91.0 Å². The summed E-state index contributed by atoms with van der Waals surface area (Å²) in [5.41, 5.74) is 4.82. The Bertz CT molecular complexity index is 714. The van der Waals surface area contributed by atoms with Crippen molar-refractivity contribution < 1.29 is 4.57 Å². The molecule has 0 aliphatic heterocycles. The van der Waals surface area contributed by atoms with Crippen molar-refractivity contribution in [1.82, 2.24) is 4.98 Å². The fourth-order valence-electron chi connectivity index (χ4n) is 2.27. The van der Waals surface area contributed by atoms with Gasteiger partial charge in [0, 0.05) is 30.1 Å². The zero-order chi connectivity index (χ0) is 14.5. The molecule has 0 N–H and O–H groups in total. The number of benzene rings is 1. The van der Waals surface area contributed by atoms with Gasteiger partial charge in [-0.1, -0.05) is 36.9 Å². The van der Waals surface area contributed by atoms with E-state index in [9.17, 15) is 0 Å². The smallest absolute Gasteiger partial charge is 0.173 e. The van der Waals surface area contributed by atoms with Crippen LogP contribution in [-0.2, 0) is 6.54 Å². The highest BCUT2D eigenvalue weighted by molar-refractivity contribution is 5.61. The van der Waals surface area contributed by atoms with Crippen LogP contribution in [0.1, 0.15) is 11.1 Å². The highest BCUT2D eigenvalue weighted by Gasteiger charge is 2.04. The molecule has 2 nitrogen and oxygen atoms in total. The van der Waals surface area contributed by atoms with Gasteiger partial charge in [-0.3, -0.25) is 4.98 Å². The molecule has 0 radical (unpaired) electrons. The zero-order valence-electron chi connectivity index (χ0n) is 11.8. The first-order valence-corrected chi connectivity index (χ1v) is 6.96. The first kappa shape index (κ1) is 13.3. The highest BCUT2D eigenvalue weighted by Crippen LogP contribution is 2.15. The molecule has 0 spiro atoms. The Labute approximate surface area is 125 Å². The van der Waals surface area contributed by atoms with Crippen molar-refractivity contribution in [1.29, 1.82) is 0 Å². The maximum Gasteiger partial charge on any atom is 0.173 e. The molecular formula is C19H17N2+. The van der Waals surface area contributed by atoms with Crippen LogP contribution in [0.25, 0.3) is 17.2 Å². The van der Waals surface area contributed by atoms with E-state index in [1.165, 1.54) is 16.7 Å². The molecule has 3 aromatic rings. The van der Waals surface area contributed by atoms with E-state index < -0.39 is 0 Å². The Morgan fingerprint density at radius 2 is 1.48 bits per heavy atom. The van der Waals surface area contributed by atoms with Crippen LogP contribution in [0.4, 0.5) is 0 Å². The van der Waals surface area contributed by atoms with Gasteiger partial charge in [-0.2, -0.15) is 0 Å². The summed E-state index contributed by atoms with van der Waals surface area (Å²) in [5, 5.41) is 0. The van der Waals surface area contributed by atoms with Crippen LogP contribution >= 0.6 is 0 Å². The van der Waals surface area contributed by atoms with E-state index in [0.717, 1.165) is 12.1 Å². The molecule has 3 rings (SSSR count). The number of nitrogens with zero attached hydrogens (tertiary/aromatic N) is 2. The molecule has 0 aliphatic carbocycles. The summed E-state index contributed by atoms with van der Waals surface area (Å²) in [4.78, 5) is 4.05. The molecule has 0 saturated heterocycles. The van der Waals surface area contributed by atoms with Gasteiger partial charge in [0.1, 0.15) is 0 Å². The minimum Gasteiger partial charge on any atom is -0.265 e. The van der Waals surface area contributed by atoms with Crippen molar-refractivity contribution in [3.8, 4) is 11.1 Å². The summed E-state index contributed by atoms with van der Waals surface area (Å²) in [5.74, 6) is 0. The Balaban J connectivity index is 1.76. The van der Waals surface area contributed by atoms with E-state index in [4.69, 9.17) is 0 Å². The lowest BCUT2D eigenvalue weighted by Gasteiger charge is -2.02. The second-order valence-corrected chi connectivity index (χ2v) is 4.94. The summed E-state index contributed by atoms with van der Waals surface area (Å²) in [6, 6.07) is 16.8. The first-order chi connectivity index (χ1) is 10.3. The van der Waals surface area contributed by atoms with Crippen LogP contribution in [-0.4, -0.2) is 4.98 Å². The van der Waals surface area contributed by atoms with E-state index in [0.29, 0.717) is 0 Å². The second-order valence-electron chi connectivity index (χ2n) is 4.94. The van der Waals surface area contributed by atoms with E-state index in [2.05, 4.69) is 64.9 Å². The quantitative estimate of drug-likeness (QED) is 0.662. The summed E-state index contributed by atoms with van der Waals surface area (Å²) < 4.78 is 2.17.